The number of carbonyl (C=O) groups excluding carboxylic acids is 17. The molecule has 2 fully saturated rings. The van der Waals surface area contributed by atoms with Gasteiger partial charge < -0.3 is 106 Å². The molecule has 1 aromatic heterocycles. The number of ether oxygens (including phenoxy) is 1. The molecule has 15 atom stereocenters. The number of primary amides is 2. The summed E-state index contributed by atoms with van der Waals surface area (Å²) in [5.41, 5.74) is 22.9. The first kappa shape index (κ1) is 97.9. The third-order valence-corrected chi connectivity index (χ3v) is 20.9. The lowest BCUT2D eigenvalue weighted by atomic mass is 9.79. The van der Waals surface area contributed by atoms with E-state index < -0.39 is 263 Å². The van der Waals surface area contributed by atoms with E-state index in [9.17, 15) is 80.4 Å². The van der Waals surface area contributed by atoms with Crippen LogP contribution in [0.1, 0.15) is 138 Å². The van der Waals surface area contributed by atoms with Crippen molar-refractivity contribution in [3.05, 3.63) is 71.9 Å². The molecular weight excluding hydrogens is 1580 g/mol. The van der Waals surface area contributed by atoms with Gasteiger partial charge in [-0.15, -0.1) is 0 Å². The molecule has 15 amide bonds. The highest BCUT2D eigenvalue weighted by Gasteiger charge is 2.46. The molecule has 656 valence electrons. The summed E-state index contributed by atoms with van der Waals surface area (Å²) in [4.78, 5) is 249. The van der Waals surface area contributed by atoms with Crippen LogP contribution in [0.25, 0.3) is 10.9 Å². The number of fused-ring (bicyclic) bond motifs is 1. The van der Waals surface area contributed by atoms with E-state index in [1.165, 1.54) is 11.8 Å². The average molecular weight is 1690 g/mol. The van der Waals surface area contributed by atoms with Crippen LogP contribution in [0, 0.1) is 23.2 Å². The van der Waals surface area contributed by atoms with Crippen molar-refractivity contribution >= 4 is 128 Å². The lowest BCUT2D eigenvalue weighted by Gasteiger charge is -2.35. The third-order valence-electron chi connectivity index (χ3n) is 20.1. The number of hydrogen-bond donors (Lipinski definition) is 17. The van der Waals surface area contributed by atoms with Crippen molar-refractivity contribution in [3.63, 3.8) is 0 Å². The maximum absolute atomic E-state index is 15.3. The van der Waals surface area contributed by atoms with Crippen molar-refractivity contribution in [1.29, 1.82) is 0 Å². The minimum atomic E-state index is -5.42. The van der Waals surface area contributed by atoms with Crippen LogP contribution in [0.15, 0.2) is 65.8 Å². The Balaban J connectivity index is 1.54. The van der Waals surface area contributed by atoms with Crippen molar-refractivity contribution in [3.8, 4) is 0 Å². The number of esters is 1. The Labute approximate surface area is 689 Å². The molecule has 0 saturated carbocycles. The van der Waals surface area contributed by atoms with E-state index >= 15 is 19.2 Å². The zero-order valence-corrected chi connectivity index (χ0v) is 69.7. The number of guanidine groups is 1. The van der Waals surface area contributed by atoms with Crippen LogP contribution in [0.2, 0.25) is 0 Å². The standard InChI is InChI=1S/C77H115N19O22S/c1-39(2)30-50-68(107)91-61(42(6)98)72(111)89-53(34-59(79)101)73(112)94(11)36-60(102)118-43(7)62(75(114)95(12)55(70(109)87-50)26-27-58(78)100)92-69(108)54(37-119(115,116)117)90-66(105)49(24-18-28-82-76(80)81)85-67(106)51(32-45-35-83-48-23-17-16-22-46(45)48)86-65(104)47(40(3)4)33-57(99)63(77(8,9)10)93-71(110)56-25-19-29-96(56)74(113)52(31-44-20-14-13-15-21-44)88-64(103)41(5)84-38-97/h13-17,20-23,35,38-43,47,49-56,61-63,83,98H,18-19,24-34,36-37H2,1-12H3,(H2,78,100)(H2,79,101)(H,84,97)(H,85,106)(H,86,104)(H,87,109)(H,88,103)(H,89,111)(H,90,105)(H,91,107)(H,92,108)(H,93,110)(H4,80,81,82)(H,115,116,117). The number of nitrogens with zero attached hydrogens (tertiary/aromatic N) is 4. The predicted molar refractivity (Wildman–Crippen MR) is 430 cm³/mol. The maximum Gasteiger partial charge on any atom is 0.325 e. The van der Waals surface area contributed by atoms with Crippen molar-refractivity contribution in [2.24, 2.45) is 51.1 Å². The topological polar surface area (TPSA) is 636 Å². The highest BCUT2D eigenvalue weighted by Crippen LogP contribution is 2.29. The van der Waals surface area contributed by atoms with Gasteiger partial charge in [0, 0.05) is 75.9 Å². The molecule has 21 N–H and O–H groups in total. The van der Waals surface area contributed by atoms with E-state index in [0.717, 1.165) is 27.9 Å². The second-order valence-electron chi connectivity index (χ2n) is 31.7. The number of nitrogens with two attached hydrogens (primary N) is 4. The van der Waals surface area contributed by atoms with Crippen molar-refractivity contribution < 1.29 is 104 Å². The van der Waals surface area contributed by atoms with E-state index in [1.54, 1.807) is 109 Å². The second kappa shape index (κ2) is 44.8. The van der Waals surface area contributed by atoms with Gasteiger partial charge in [-0.1, -0.05) is 97.0 Å². The number of aliphatic hydroxyl groups is 1. The van der Waals surface area contributed by atoms with Gasteiger partial charge in [0.15, 0.2) is 11.7 Å². The summed E-state index contributed by atoms with van der Waals surface area (Å²) in [5, 5.41) is 36.0. The molecule has 15 unspecified atom stereocenters. The minimum absolute atomic E-state index is 0.0183. The Hall–Kier alpha value is -11.7. The molecule has 0 spiro atoms. The number of carbonyl (C=O) groups is 17. The van der Waals surface area contributed by atoms with Gasteiger partial charge in [0.05, 0.1) is 18.6 Å². The molecule has 0 bridgehead atoms. The van der Waals surface area contributed by atoms with Gasteiger partial charge in [-0.3, -0.25) is 91.1 Å². The zero-order chi connectivity index (χ0) is 89.2. The molecule has 42 heteroatoms. The highest BCUT2D eigenvalue weighted by atomic mass is 32.2. The molecule has 5 rings (SSSR count). The highest BCUT2D eigenvalue weighted by molar-refractivity contribution is 7.85. The van der Waals surface area contributed by atoms with Crippen molar-refractivity contribution in [1.82, 2.24) is 72.9 Å². The minimum Gasteiger partial charge on any atom is -0.459 e. The number of likely N-dealkylation sites (tertiary alicyclic amines) is 1. The number of ketones is 1. The lowest BCUT2D eigenvalue weighted by Crippen LogP contribution is -2.63. The SMILES string of the molecule is CC(C)CC1NC(=O)C(CCC(N)=O)N(C)C(=O)C(NC(=O)C(CS(=O)(=O)O)NC(=O)C(CCCN=C(N)N)NC(=O)C(Cc2c[nH]c3ccccc23)NC(=O)C(CC(=O)C(NC(=O)C2CCCN2C(=O)C(Cc2ccccc2)NC(=O)C(C)NC=O)C(C)(C)C)C(C)C)C(C)OC(=O)CN(C)C(=O)C(CC(N)=O)NC(=O)C(C(C)O)NC1=O. The molecule has 41 nitrogen and oxygen atoms in total. The van der Waals surface area contributed by atoms with Gasteiger partial charge >= 0.3 is 5.97 Å². The molecule has 2 aliphatic rings. The van der Waals surface area contributed by atoms with Crippen LogP contribution < -0.4 is 76.1 Å². The molecule has 0 aliphatic carbocycles. The summed E-state index contributed by atoms with van der Waals surface area (Å²) in [6.45, 7) is 13.9. The summed E-state index contributed by atoms with van der Waals surface area (Å²) in [5.74, 6) is -21.7. The number of Topliss-reactive ketones (excluding diaryl/α,β-unsaturated/α-hetero) is 1. The zero-order valence-electron chi connectivity index (χ0n) is 68.8. The van der Waals surface area contributed by atoms with E-state index in [2.05, 4.69) is 63.1 Å². The molecule has 119 heavy (non-hydrogen) atoms. The number of amides is 15. The summed E-state index contributed by atoms with van der Waals surface area (Å²) in [7, 11) is -3.44. The average Bonchev–Trinajstić information content (AvgIpc) is 1.80. The summed E-state index contributed by atoms with van der Waals surface area (Å²) >= 11 is 0. The molecule has 0 radical (unpaired) electrons. The smallest absolute Gasteiger partial charge is 0.325 e. The Kier molecular flexibility index (Phi) is 36.8. The molecule has 2 aromatic carbocycles. The Morgan fingerprint density at radius 3 is 1.93 bits per heavy atom. The number of benzene rings is 2. The third kappa shape index (κ3) is 30.0. The number of aromatic amines is 1. The summed E-state index contributed by atoms with van der Waals surface area (Å²) in [6.07, 6.45) is -5.14. The molecule has 3 heterocycles. The van der Waals surface area contributed by atoms with Crippen molar-refractivity contribution in [2.75, 3.05) is 39.5 Å². The predicted octanol–water partition coefficient (Wildman–Crippen LogP) is -4.54. The van der Waals surface area contributed by atoms with Crippen LogP contribution in [0.4, 0.5) is 0 Å². The van der Waals surface area contributed by atoms with Crippen LogP contribution in [-0.2, 0) is 109 Å². The number of para-hydroxylation sites is 1. The molecule has 3 aromatic rings. The van der Waals surface area contributed by atoms with E-state index in [4.69, 9.17) is 27.7 Å². The van der Waals surface area contributed by atoms with Gasteiger partial charge in [-0.25, -0.2) is 0 Å². The van der Waals surface area contributed by atoms with E-state index in [1.807, 2.05) is 0 Å². The fourth-order valence-corrected chi connectivity index (χ4v) is 14.3. The van der Waals surface area contributed by atoms with Gasteiger partial charge in [-0.05, 0) is 93.7 Å². The molecule has 2 aliphatic heterocycles. The van der Waals surface area contributed by atoms with Gasteiger partial charge in [0.25, 0.3) is 10.1 Å². The lowest BCUT2D eigenvalue weighted by molar-refractivity contribution is -0.158. The number of H-pyrrole nitrogens is 1. The van der Waals surface area contributed by atoms with E-state index in [0.29, 0.717) is 44.7 Å². The fourth-order valence-electron chi connectivity index (χ4n) is 13.7. The molecular formula is C77H115N19O22S. The summed E-state index contributed by atoms with van der Waals surface area (Å²) < 4.78 is 42.2. The Morgan fingerprint density at radius 1 is 0.723 bits per heavy atom. The number of nitrogens with one attached hydrogen (secondary N) is 11. The number of aliphatic imine (C=N–C) groups is 1. The van der Waals surface area contributed by atoms with Crippen molar-refractivity contribution in [2.45, 2.75) is 225 Å². The quantitative estimate of drug-likeness (QED) is 0.00646. The van der Waals surface area contributed by atoms with Crippen LogP contribution in [-0.4, -0.2) is 269 Å². The number of cyclic esters (lactones) is 1. The monoisotopic (exact) mass is 1690 g/mol. The largest absolute Gasteiger partial charge is 0.459 e. The number of aliphatic hydroxyl groups excluding tert-OH is 1. The second-order valence-corrected chi connectivity index (χ2v) is 33.2. The number of likely N-dealkylation sites (N-methyl/N-ethyl adjacent to an activating group) is 2. The first-order valence-electron chi connectivity index (χ1n) is 38.9. The first-order chi connectivity index (χ1) is 55.6. The van der Waals surface area contributed by atoms with Crippen LogP contribution in [0.5, 0.6) is 0 Å². The summed E-state index contributed by atoms with van der Waals surface area (Å²) in [6, 6.07) is -4.64. The Morgan fingerprint density at radius 2 is 1.34 bits per heavy atom. The maximum atomic E-state index is 15.3. The number of aromatic nitrogens is 1. The molecule has 2 saturated heterocycles. The fraction of sp³-hybridized carbons (Fsp3) is 0.584. The van der Waals surface area contributed by atoms with Gasteiger partial charge in [0.2, 0.25) is 89.1 Å². The number of rotatable bonds is 37. The van der Waals surface area contributed by atoms with E-state index in [-0.39, 0.29) is 45.2 Å². The van der Waals surface area contributed by atoms with Crippen LogP contribution in [0.3, 0.4) is 0 Å². The van der Waals surface area contributed by atoms with Gasteiger partial charge in [0.1, 0.15) is 84.9 Å². The number of hydrogen-bond acceptors (Lipinski definition) is 22. The van der Waals surface area contributed by atoms with Gasteiger partial charge in [-0.2, -0.15) is 8.42 Å². The van der Waals surface area contributed by atoms with Crippen LogP contribution >= 0.6 is 0 Å². The Bertz CT molecular complexity index is 4320. The normalized spacial score (nSPS) is 20.8. The first-order valence-corrected chi connectivity index (χ1v) is 40.5.